The van der Waals surface area contributed by atoms with Crippen LogP contribution < -0.4 is 5.73 Å². The van der Waals surface area contributed by atoms with Gasteiger partial charge in [0.15, 0.2) is 0 Å². The number of ether oxygens (including phenoxy) is 1. The minimum atomic E-state index is -0.205. The lowest BCUT2D eigenvalue weighted by atomic mass is 9.95. The molecule has 5 heteroatoms. The minimum Gasteiger partial charge on any atom is -0.466 e. The van der Waals surface area contributed by atoms with Gasteiger partial charge in [-0.05, 0) is 32.9 Å². The van der Waals surface area contributed by atoms with Crippen molar-refractivity contribution in [1.82, 2.24) is 4.90 Å². The summed E-state index contributed by atoms with van der Waals surface area (Å²) in [5.41, 5.74) is 5.27. The zero-order valence-corrected chi connectivity index (χ0v) is 10.6. The third kappa shape index (κ3) is 4.34. The maximum absolute atomic E-state index is 11.5. The Morgan fingerprint density at radius 3 is 2.47 bits per heavy atom. The average molecular weight is 242 g/mol. The van der Waals surface area contributed by atoms with Crippen molar-refractivity contribution in [2.45, 2.75) is 26.7 Å². The second kappa shape index (κ2) is 6.59. The Bertz CT molecular complexity index is 273. The van der Waals surface area contributed by atoms with Crippen LogP contribution in [0.4, 0.5) is 0 Å². The van der Waals surface area contributed by atoms with Gasteiger partial charge in [0.1, 0.15) is 0 Å². The number of nitrogens with two attached hydrogens (primary N) is 1. The van der Waals surface area contributed by atoms with Gasteiger partial charge in [0.2, 0.25) is 5.91 Å². The molecule has 0 saturated carbocycles. The van der Waals surface area contributed by atoms with Crippen LogP contribution in [0.5, 0.6) is 0 Å². The monoisotopic (exact) mass is 242 g/mol. The van der Waals surface area contributed by atoms with Crippen LogP contribution in [0.25, 0.3) is 0 Å². The highest BCUT2D eigenvalue weighted by Gasteiger charge is 2.25. The summed E-state index contributed by atoms with van der Waals surface area (Å²) in [6.45, 7) is 6.47. The number of primary amides is 1. The van der Waals surface area contributed by atoms with Crippen molar-refractivity contribution in [2.24, 2.45) is 17.6 Å². The molecule has 98 valence electrons. The highest BCUT2D eigenvalue weighted by molar-refractivity contribution is 5.76. The lowest BCUT2D eigenvalue weighted by Crippen LogP contribution is -2.41. The molecule has 0 spiro atoms. The smallest absolute Gasteiger partial charge is 0.309 e. The summed E-state index contributed by atoms with van der Waals surface area (Å²) < 4.78 is 4.96. The second-order valence-corrected chi connectivity index (χ2v) is 4.63. The zero-order valence-electron chi connectivity index (χ0n) is 10.6. The molecule has 0 radical (unpaired) electrons. The van der Waals surface area contributed by atoms with E-state index >= 15 is 0 Å². The Balaban J connectivity index is 2.30. The first kappa shape index (κ1) is 14.0. The quantitative estimate of drug-likeness (QED) is 0.707. The summed E-state index contributed by atoms with van der Waals surface area (Å²) >= 11 is 0. The topological polar surface area (TPSA) is 72.6 Å². The molecule has 1 saturated heterocycles. The number of esters is 1. The Morgan fingerprint density at radius 1 is 1.41 bits per heavy atom. The van der Waals surface area contributed by atoms with E-state index in [2.05, 4.69) is 4.90 Å². The van der Waals surface area contributed by atoms with Crippen LogP contribution in [0.2, 0.25) is 0 Å². The summed E-state index contributed by atoms with van der Waals surface area (Å²) in [4.78, 5) is 24.7. The number of carbonyl (C=O) groups is 2. The van der Waals surface area contributed by atoms with Crippen LogP contribution in [0.3, 0.4) is 0 Å². The van der Waals surface area contributed by atoms with E-state index in [0.717, 1.165) is 25.9 Å². The Labute approximate surface area is 102 Å². The van der Waals surface area contributed by atoms with Gasteiger partial charge in [-0.2, -0.15) is 0 Å². The number of hydrogen-bond acceptors (Lipinski definition) is 4. The van der Waals surface area contributed by atoms with Crippen LogP contribution in [0.15, 0.2) is 0 Å². The van der Waals surface area contributed by atoms with E-state index in [9.17, 15) is 9.59 Å². The lowest BCUT2D eigenvalue weighted by molar-refractivity contribution is -0.148. The summed E-state index contributed by atoms with van der Waals surface area (Å²) in [7, 11) is 0. The highest BCUT2D eigenvalue weighted by atomic mass is 16.5. The van der Waals surface area contributed by atoms with Crippen LogP contribution in [0.1, 0.15) is 26.7 Å². The van der Waals surface area contributed by atoms with Crippen molar-refractivity contribution in [3.05, 3.63) is 0 Å². The lowest BCUT2D eigenvalue weighted by Gasteiger charge is -2.31. The van der Waals surface area contributed by atoms with Gasteiger partial charge in [-0.1, -0.05) is 6.92 Å². The SMILES string of the molecule is CCOC(=O)C(C)CN1CCC(C(N)=O)CC1. The van der Waals surface area contributed by atoms with E-state index in [4.69, 9.17) is 10.5 Å². The van der Waals surface area contributed by atoms with Gasteiger partial charge < -0.3 is 15.4 Å². The summed E-state index contributed by atoms with van der Waals surface area (Å²) in [5.74, 6) is -0.461. The fourth-order valence-corrected chi connectivity index (χ4v) is 2.15. The first-order chi connectivity index (χ1) is 8.04. The molecule has 2 N–H and O–H groups in total. The molecule has 1 fully saturated rings. The largest absolute Gasteiger partial charge is 0.466 e. The van der Waals surface area contributed by atoms with Crippen molar-refractivity contribution in [1.29, 1.82) is 0 Å². The fraction of sp³-hybridized carbons (Fsp3) is 0.833. The van der Waals surface area contributed by atoms with Gasteiger partial charge in [0, 0.05) is 12.5 Å². The van der Waals surface area contributed by atoms with E-state index < -0.39 is 0 Å². The molecule has 0 aromatic heterocycles. The molecule has 1 unspecified atom stereocenters. The van der Waals surface area contributed by atoms with E-state index in [1.54, 1.807) is 0 Å². The molecule has 1 atom stereocenters. The molecule has 0 aliphatic carbocycles. The fourth-order valence-electron chi connectivity index (χ4n) is 2.15. The van der Waals surface area contributed by atoms with Crippen LogP contribution >= 0.6 is 0 Å². The van der Waals surface area contributed by atoms with E-state index in [1.165, 1.54) is 0 Å². The number of hydrogen-bond donors (Lipinski definition) is 1. The highest BCUT2D eigenvalue weighted by Crippen LogP contribution is 2.17. The molecule has 1 rings (SSSR count). The Morgan fingerprint density at radius 2 is 2.00 bits per heavy atom. The van der Waals surface area contributed by atoms with Crippen molar-refractivity contribution in [3.63, 3.8) is 0 Å². The van der Waals surface area contributed by atoms with Gasteiger partial charge in [0.25, 0.3) is 0 Å². The van der Waals surface area contributed by atoms with Gasteiger partial charge >= 0.3 is 5.97 Å². The predicted molar refractivity (Wildman–Crippen MR) is 64.2 cm³/mol. The summed E-state index contributed by atoms with van der Waals surface area (Å²) in [6.07, 6.45) is 1.59. The maximum Gasteiger partial charge on any atom is 0.309 e. The molecule has 0 aromatic carbocycles. The van der Waals surface area contributed by atoms with E-state index in [0.29, 0.717) is 13.2 Å². The molecule has 1 amide bonds. The van der Waals surface area contributed by atoms with E-state index in [1.807, 2.05) is 13.8 Å². The Kier molecular flexibility index (Phi) is 5.41. The molecular weight excluding hydrogens is 220 g/mol. The first-order valence-corrected chi connectivity index (χ1v) is 6.22. The third-order valence-corrected chi connectivity index (χ3v) is 3.21. The zero-order chi connectivity index (χ0) is 12.8. The van der Waals surface area contributed by atoms with Crippen LogP contribution in [0, 0.1) is 11.8 Å². The predicted octanol–water partition coefficient (Wildman–Crippen LogP) is 0.383. The van der Waals surface area contributed by atoms with Crippen LogP contribution in [-0.2, 0) is 14.3 Å². The number of likely N-dealkylation sites (tertiary alicyclic amines) is 1. The molecule has 1 heterocycles. The third-order valence-electron chi connectivity index (χ3n) is 3.21. The minimum absolute atomic E-state index is 0.00384. The van der Waals surface area contributed by atoms with Crippen LogP contribution in [-0.4, -0.2) is 43.0 Å². The maximum atomic E-state index is 11.5. The van der Waals surface area contributed by atoms with Crippen molar-refractivity contribution < 1.29 is 14.3 Å². The normalized spacial score (nSPS) is 19.9. The summed E-state index contributed by atoms with van der Waals surface area (Å²) in [5, 5.41) is 0. The molecule has 0 aromatic rings. The van der Waals surface area contributed by atoms with Gasteiger partial charge in [-0.25, -0.2) is 0 Å². The number of nitrogens with zero attached hydrogens (tertiary/aromatic N) is 1. The molecule has 0 bridgehead atoms. The average Bonchev–Trinajstić information content (AvgIpc) is 2.30. The van der Waals surface area contributed by atoms with Crippen molar-refractivity contribution in [3.8, 4) is 0 Å². The second-order valence-electron chi connectivity index (χ2n) is 4.63. The van der Waals surface area contributed by atoms with Gasteiger partial charge in [0.05, 0.1) is 12.5 Å². The van der Waals surface area contributed by atoms with Crippen molar-refractivity contribution >= 4 is 11.9 Å². The standard InChI is InChI=1S/C12H22N2O3/c1-3-17-12(16)9(2)8-14-6-4-10(5-7-14)11(13)15/h9-10H,3-8H2,1-2H3,(H2,13,15). The summed E-state index contributed by atoms with van der Waals surface area (Å²) in [6, 6.07) is 0. The molecular formula is C12H22N2O3. The first-order valence-electron chi connectivity index (χ1n) is 6.22. The molecule has 1 aliphatic heterocycles. The number of amides is 1. The van der Waals surface area contributed by atoms with Gasteiger partial charge in [-0.3, -0.25) is 9.59 Å². The van der Waals surface area contributed by atoms with E-state index in [-0.39, 0.29) is 23.7 Å². The molecule has 5 nitrogen and oxygen atoms in total. The van der Waals surface area contributed by atoms with Crippen molar-refractivity contribution in [2.75, 3.05) is 26.2 Å². The number of piperidine rings is 1. The van der Waals surface area contributed by atoms with Gasteiger partial charge in [-0.15, -0.1) is 0 Å². The molecule has 1 aliphatic rings. The molecule has 17 heavy (non-hydrogen) atoms. The number of carbonyl (C=O) groups excluding carboxylic acids is 2. The Hall–Kier alpha value is -1.10. The number of rotatable bonds is 5.